The van der Waals surface area contributed by atoms with Crippen molar-refractivity contribution in [3.63, 3.8) is 0 Å². The lowest BCUT2D eigenvalue weighted by atomic mass is 10.1. The molecule has 1 aliphatic rings. The number of hydrogen-bond donors (Lipinski definition) is 1. The van der Waals surface area contributed by atoms with Gasteiger partial charge in [-0.15, -0.1) is 0 Å². The molecule has 39 heavy (non-hydrogen) atoms. The normalized spacial score (nSPS) is 15.0. The predicted octanol–water partition coefficient (Wildman–Crippen LogP) is 6.68. The van der Waals surface area contributed by atoms with Crippen molar-refractivity contribution in [2.75, 3.05) is 12.0 Å². The first-order chi connectivity index (χ1) is 18.4. The molecular formula is C27H19BrClF3N2O5. The summed E-state index contributed by atoms with van der Waals surface area (Å²) < 4.78 is 51.6. The maximum Gasteiger partial charge on any atom is 0.416 e. The van der Waals surface area contributed by atoms with Crippen LogP contribution in [-0.2, 0) is 22.4 Å². The zero-order valence-electron chi connectivity index (χ0n) is 20.4. The van der Waals surface area contributed by atoms with Gasteiger partial charge in [-0.1, -0.05) is 41.4 Å². The number of methoxy groups -OCH3 is 1. The molecule has 202 valence electrons. The number of ether oxygens (including phenoxy) is 2. The second kappa shape index (κ2) is 11.1. The summed E-state index contributed by atoms with van der Waals surface area (Å²) in [5.74, 6) is -1.53. The number of carbonyl (C=O) groups excluding carboxylic acids is 3. The maximum atomic E-state index is 13.3. The molecule has 7 nitrogen and oxygen atoms in total. The number of alkyl halides is 3. The highest BCUT2D eigenvalue weighted by molar-refractivity contribution is 9.10. The fraction of sp³-hybridized carbons (Fsp3) is 0.148. The van der Waals surface area contributed by atoms with Gasteiger partial charge in [-0.05, 0) is 70.4 Å². The molecule has 1 fully saturated rings. The summed E-state index contributed by atoms with van der Waals surface area (Å²) in [4.78, 5) is 38.7. The largest absolute Gasteiger partial charge is 0.493 e. The molecule has 1 N–H and O–H groups in total. The lowest BCUT2D eigenvalue weighted by Crippen LogP contribution is -2.54. The third-order valence-corrected chi connectivity index (χ3v) is 6.55. The lowest BCUT2D eigenvalue weighted by molar-refractivity contribution is -0.137. The Bertz CT molecular complexity index is 1520. The Morgan fingerprint density at radius 3 is 2.49 bits per heavy atom. The van der Waals surface area contributed by atoms with Crippen LogP contribution in [0.3, 0.4) is 0 Å². The Balaban J connectivity index is 1.68. The second-order valence-corrected chi connectivity index (χ2v) is 9.70. The Kier molecular flexibility index (Phi) is 8.03. The van der Waals surface area contributed by atoms with E-state index >= 15 is 0 Å². The minimum atomic E-state index is -4.75. The smallest absolute Gasteiger partial charge is 0.416 e. The van der Waals surface area contributed by atoms with Crippen LogP contribution in [0.15, 0.2) is 64.6 Å². The molecule has 4 rings (SSSR count). The third-order valence-electron chi connectivity index (χ3n) is 5.64. The van der Waals surface area contributed by atoms with E-state index in [1.54, 1.807) is 6.07 Å². The predicted molar refractivity (Wildman–Crippen MR) is 142 cm³/mol. The molecule has 3 aromatic rings. The van der Waals surface area contributed by atoms with Crippen LogP contribution in [0.4, 0.5) is 23.7 Å². The maximum absolute atomic E-state index is 13.3. The number of hydrogen-bond acceptors (Lipinski definition) is 5. The standard InChI is InChI=1S/C27H19BrClF3N2O5/c1-14-4-3-5-15(8-14)13-39-23-19(28)10-16(11-22(23)38-2)9-18-24(35)33-26(37)34(25(18)36)21-12-17(27(30,31)32)6-7-20(21)29/h3-12H,13H2,1-2H3,(H,33,35,37)/b18-9-. The van der Waals surface area contributed by atoms with Gasteiger partial charge in [0.1, 0.15) is 12.2 Å². The zero-order chi connectivity index (χ0) is 28.5. The summed E-state index contributed by atoms with van der Waals surface area (Å²) in [7, 11) is 1.41. The average molecular weight is 624 g/mol. The number of nitrogens with one attached hydrogen (secondary N) is 1. The Morgan fingerprint density at radius 1 is 1.08 bits per heavy atom. The molecule has 0 unspecified atom stereocenters. The van der Waals surface area contributed by atoms with E-state index in [0.717, 1.165) is 17.2 Å². The number of rotatable bonds is 6. The van der Waals surface area contributed by atoms with Gasteiger partial charge in [0, 0.05) is 0 Å². The second-order valence-electron chi connectivity index (χ2n) is 8.43. The summed E-state index contributed by atoms with van der Waals surface area (Å²) in [6.07, 6.45) is -3.58. The van der Waals surface area contributed by atoms with Gasteiger partial charge in [0.05, 0.1) is 27.9 Å². The number of anilines is 1. The lowest BCUT2D eigenvalue weighted by Gasteiger charge is -2.27. The topological polar surface area (TPSA) is 84.9 Å². The molecule has 0 aromatic heterocycles. The summed E-state index contributed by atoms with van der Waals surface area (Å²) in [5.41, 5.74) is 0.150. The monoisotopic (exact) mass is 622 g/mol. The van der Waals surface area contributed by atoms with Crippen molar-refractivity contribution in [1.82, 2.24) is 5.32 Å². The van der Waals surface area contributed by atoms with Gasteiger partial charge in [-0.25, -0.2) is 9.69 Å². The number of carbonyl (C=O) groups is 3. The molecule has 0 bridgehead atoms. The average Bonchev–Trinajstić information content (AvgIpc) is 2.86. The van der Waals surface area contributed by atoms with Crippen LogP contribution in [0.2, 0.25) is 5.02 Å². The highest BCUT2D eigenvalue weighted by atomic mass is 79.9. The molecule has 0 spiro atoms. The van der Waals surface area contributed by atoms with Crippen molar-refractivity contribution in [2.24, 2.45) is 0 Å². The van der Waals surface area contributed by atoms with Crippen LogP contribution in [-0.4, -0.2) is 25.0 Å². The number of halogens is 5. The van der Waals surface area contributed by atoms with Gasteiger partial charge in [0.2, 0.25) is 0 Å². The Hall–Kier alpha value is -3.83. The number of benzene rings is 3. The van der Waals surface area contributed by atoms with E-state index in [9.17, 15) is 27.6 Å². The molecule has 0 saturated carbocycles. The van der Waals surface area contributed by atoms with Crippen molar-refractivity contribution >= 4 is 57.1 Å². The summed E-state index contributed by atoms with van der Waals surface area (Å²) >= 11 is 9.44. The van der Waals surface area contributed by atoms with Gasteiger partial charge >= 0.3 is 12.2 Å². The Labute approximate surface area is 234 Å². The highest BCUT2D eigenvalue weighted by Gasteiger charge is 2.39. The molecule has 12 heteroatoms. The summed E-state index contributed by atoms with van der Waals surface area (Å²) in [5, 5.41) is 1.67. The van der Waals surface area contributed by atoms with Gasteiger partial charge in [0.25, 0.3) is 11.8 Å². The third kappa shape index (κ3) is 6.10. The van der Waals surface area contributed by atoms with Gasteiger partial charge in [0.15, 0.2) is 11.5 Å². The number of barbiturate groups is 1. The summed E-state index contributed by atoms with van der Waals surface area (Å²) in [6, 6.07) is 11.8. The van der Waals surface area contributed by atoms with Gasteiger partial charge < -0.3 is 9.47 Å². The first-order valence-electron chi connectivity index (χ1n) is 11.2. The number of amides is 4. The molecule has 1 aliphatic heterocycles. The van der Waals surface area contributed by atoms with Crippen LogP contribution in [0.5, 0.6) is 11.5 Å². The van der Waals surface area contributed by atoms with Crippen molar-refractivity contribution in [3.8, 4) is 11.5 Å². The first kappa shape index (κ1) is 28.2. The highest BCUT2D eigenvalue weighted by Crippen LogP contribution is 2.39. The van der Waals surface area contributed by atoms with Crippen molar-refractivity contribution in [3.05, 3.63) is 91.9 Å². The fourth-order valence-corrected chi connectivity index (χ4v) is 4.60. The number of imide groups is 2. The van der Waals surface area contributed by atoms with E-state index < -0.39 is 40.8 Å². The molecule has 3 aromatic carbocycles. The minimum Gasteiger partial charge on any atom is -0.493 e. The van der Waals surface area contributed by atoms with Crippen molar-refractivity contribution in [1.29, 1.82) is 0 Å². The zero-order valence-corrected chi connectivity index (χ0v) is 22.7. The van der Waals surface area contributed by atoms with Crippen LogP contribution < -0.4 is 19.7 Å². The van der Waals surface area contributed by atoms with Crippen LogP contribution >= 0.6 is 27.5 Å². The van der Waals surface area contributed by atoms with E-state index in [0.29, 0.717) is 32.8 Å². The first-order valence-corrected chi connectivity index (χ1v) is 12.4. The van der Waals surface area contributed by atoms with E-state index in [2.05, 4.69) is 15.9 Å². The molecule has 0 radical (unpaired) electrons. The van der Waals surface area contributed by atoms with E-state index in [4.69, 9.17) is 21.1 Å². The van der Waals surface area contributed by atoms with E-state index in [-0.39, 0.29) is 17.4 Å². The molecule has 0 aliphatic carbocycles. The molecule has 1 heterocycles. The number of nitrogens with zero attached hydrogens (tertiary/aromatic N) is 1. The summed E-state index contributed by atoms with van der Waals surface area (Å²) in [6.45, 7) is 2.20. The number of urea groups is 1. The quantitative estimate of drug-likeness (QED) is 0.245. The molecule has 1 saturated heterocycles. The Morgan fingerprint density at radius 2 is 1.82 bits per heavy atom. The van der Waals surface area contributed by atoms with E-state index in [1.807, 2.05) is 36.5 Å². The van der Waals surface area contributed by atoms with Crippen molar-refractivity contribution < 1.29 is 37.0 Å². The van der Waals surface area contributed by atoms with Crippen LogP contribution in [0.1, 0.15) is 22.3 Å². The van der Waals surface area contributed by atoms with Crippen LogP contribution in [0, 0.1) is 6.92 Å². The van der Waals surface area contributed by atoms with Crippen LogP contribution in [0.25, 0.3) is 6.08 Å². The van der Waals surface area contributed by atoms with Crippen molar-refractivity contribution in [2.45, 2.75) is 19.7 Å². The number of aryl methyl sites for hydroxylation is 1. The van der Waals surface area contributed by atoms with Gasteiger partial charge in [-0.2, -0.15) is 13.2 Å². The van der Waals surface area contributed by atoms with Gasteiger partial charge in [-0.3, -0.25) is 14.9 Å². The SMILES string of the molecule is COc1cc(/C=C2/C(=O)NC(=O)N(c3cc(C(F)(F)F)ccc3Cl)C2=O)cc(Br)c1OCc1cccc(C)c1. The fourth-order valence-electron chi connectivity index (χ4n) is 3.82. The molecular weight excluding hydrogens is 605 g/mol. The molecule has 4 amide bonds. The molecule has 0 atom stereocenters. The van der Waals surface area contributed by atoms with E-state index in [1.165, 1.54) is 19.3 Å². The minimum absolute atomic E-state index is 0.243.